The first-order valence-electron chi connectivity index (χ1n) is 7.62. The number of rotatable bonds is 6. The van der Waals surface area contributed by atoms with Gasteiger partial charge < -0.3 is 10.3 Å². The molecule has 0 spiro atoms. The van der Waals surface area contributed by atoms with Gasteiger partial charge in [-0.05, 0) is 31.4 Å². The average Bonchev–Trinajstić information content (AvgIpc) is 3.14. The smallest absolute Gasteiger partial charge is 0.340 e. The van der Waals surface area contributed by atoms with E-state index in [0.29, 0.717) is 12.2 Å². The second-order valence-electron chi connectivity index (χ2n) is 5.57. The summed E-state index contributed by atoms with van der Waals surface area (Å²) in [4.78, 5) is 28.8. The first-order valence-corrected chi connectivity index (χ1v) is 7.62. The summed E-state index contributed by atoms with van der Waals surface area (Å²) in [5.74, 6) is 0.376. The van der Waals surface area contributed by atoms with Crippen LogP contribution in [0.3, 0.4) is 0 Å². The minimum atomic E-state index is -0.375. The van der Waals surface area contributed by atoms with Crippen LogP contribution < -0.4 is 11.0 Å². The molecule has 0 saturated carbocycles. The van der Waals surface area contributed by atoms with Gasteiger partial charge in [-0.1, -0.05) is 18.2 Å². The number of fused-ring (bicyclic) bond motifs is 1. The minimum Gasteiger partial charge on any atom is -0.361 e. The fraction of sp³-hybridized carbons (Fsp3) is 0.312. The molecule has 2 heterocycles. The quantitative estimate of drug-likeness (QED) is 0.557. The van der Waals surface area contributed by atoms with E-state index in [1.165, 1.54) is 10.9 Å². The van der Waals surface area contributed by atoms with Crippen LogP contribution in [0.2, 0.25) is 0 Å². The van der Waals surface area contributed by atoms with Crippen LogP contribution in [0.25, 0.3) is 10.9 Å². The lowest BCUT2D eigenvalue weighted by Crippen LogP contribution is -2.27. The molecule has 0 bridgehead atoms. The second kappa shape index (κ2) is 6.51. The predicted molar refractivity (Wildman–Crippen MR) is 87.0 cm³/mol. The van der Waals surface area contributed by atoms with Crippen LogP contribution >= 0.6 is 0 Å². The monoisotopic (exact) mass is 313 g/mol. The predicted octanol–water partition coefficient (Wildman–Crippen LogP) is 1.78. The SMILES string of the molecule is C[C@@H](NC(=O)CCCc1c[nH]c2ccccc12)c1n[nH]c(=O)[nH]1. The topological polar surface area (TPSA) is 106 Å². The number of carbonyl (C=O) groups is 1. The Bertz CT molecular complexity index is 860. The van der Waals surface area contributed by atoms with E-state index in [0.717, 1.165) is 18.4 Å². The van der Waals surface area contributed by atoms with Crippen LogP contribution in [0, 0.1) is 0 Å². The lowest BCUT2D eigenvalue weighted by Gasteiger charge is -2.10. The largest absolute Gasteiger partial charge is 0.361 e. The highest BCUT2D eigenvalue weighted by Crippen LogP contribution is 2.19. The average molecular weight is 313 g/mol. The van der Waals surface area contributed by atoms with Crippen molar-refractivity contribution in [3.05, 3.63) is 52.3 Å². The van der Waals surface area contributed by atoms with E-state index in [-0.39, 0.29) is 17.6 Å². The number of aryl methyl sites for hydroxylation is 1. The van der Waals surface area contributed by atoms with Crippen molar-refractivity contribution < 1.29 is 4.79 Å². The maximum absolute atomic E-state index is 12.0. The second-order valence-corrected chi connectivity index (χ2v) is 5.57. The number of aromatic nitrogens is 4. The molecular weight excluding hydrogens is 294 g/mol. The normalized spacial score (nSPS) is 12.4. The van der Waals surface area contributed by atoms with Crippen molar-refractivity contribution in [3.8, 4) is 0 Å². The molecule has 1 atom stereocenters. The lowest BCUT2D eigenvalue weighted by molar-refractivity contribution is -0.121. The zero-order chi connectivity index (χ0) is 16.2. The molecule has 0 aliphatic carbocycles. The zero-order valence-electron chi connectivity index (χ0n) is 12.8. The van der Waals surface area contributed by atoms with E-state index in [9.17, 15) is 9.59 Å². The summed E-state index contributed by atoms with van der Waals surface area (Å²) in [7, 11) is 0. The Hall–Kier alpha value is -2.83. The van der Waals surface area contributed by atoms with Crippen LogP contribution in [0.1, 0.15) is 37.2 Å². The molecule has 4 N–H and O–H groups in total. The maximum atomic E-state index is 12.0. The fourth-order valence-electron chi connectivity index (χ4n) is 2.65. The molecule has 2 aromatic heterocycles. The van der Waals surface area contributed by atoms with Crippen LogP contribution in [-0.2, 0) is 11.2 Å². The Balaban J connectivity index is 1.50. The van der Waals surface area contributed by atoms with Gasteiger partial charge in [-0.15, -0.1) is 0 Å². The fourth-order valence-corrected chi connectivity index (χ4v) is 2.65. The van der Waals surface area contributed by atoms with E-state index in [2.05, 4.69) is 31.5 Å². The van der Waals surface area contributed by atoms with Gasteiger partial charge in [-0.3, -0.25) is 9.78 Å². The van der Waals surface area contributed by atoms with E-state index >= 15 is 0 Å². The third-order valence-electron chi connectivity index (χ3n) is 3.83. The Morgan fingerprint density at radius 2 is 2.17 bits per heavy atom. The number of nitrogens with zero attached hydrogens (tertiary/aromatic N) is 1. The standard InChI is InChI=1S/C16H19N5O2/c1-10(15-19-16(23)21-20-15)18-14(22)8-4-5-11-9-17-13-7-3-2-6-12(11)13/h2-3,6-7,9-10,17H,4-5,8H2,1H3,(H,18,22)(H2,19,20,21,23)/t10-/m1/s1. The first-order chi connectivity index (χ1) is 11.1. The van der Waals surface area contributed by atoms with Gasteiger partial charge in [0.2, 0.25) is 5.91 Å². The van der Waals surface area contributed by atoms with Crippen LogP contribution in [0.15, 0.2) is 35.3 Å². The molecule has 23 heavy (non-hydrogen) atoms. The zero-order valence-corrected chi connectivity index (χ0v) is 12.8. The highest BCUT2D eigenvalue weighted by atomic mass is 16.2. The number of H-pyrrole nitrogens is 3. The number of para-hydroxylation sites is 1. The Kier molecular flexibility index (Phi) is 4.27. The summed E-state index contributed by atoms with van der Waals surface area (Å²) in [6, 6.07) is 7.81. The molecule has 7 nitrogen and oxygen atoms in total. The molecule has 0 aliphatic rings. The third-order valence-corrected chi connectivity index (χ3v) is 3.83. The van der Waals surface area contributed by atoms with Gasteiger partial charge in [0, 0.05) is 23.5 Å². The van der Waals surface area contributed by atoms with Crippen molar-refractivity contribution in [2.75, 3.05) is 0 Å². The van der Waals surface area contributed by atoms with Gasteiger partial charge in [0.1, 0.15) is 0 Å². The molecule has 0 radical (unpaired) electrons. The number of nitrogens with one attached hydrogen (secondary N) is 4. The first kappa shape index (κ1) is 15.1. The van der Waals surface area contributed by atoms with Crippen LogP contribution in [0.5, 0.6) is 0 Å². The summed E-state index contributed by atoms with van der Waals surface area (Å²) >= 11 is 0. The molecule has 120 valence electrons. The number of benzene rings is 1. The van der Waals surface area contributed by atoms with E-state index in [1.807, 2.05) is 24.4 Å². The highest BCUT2D eigenvalue weighted by Gasteiger charge is 2.12. The van der Waals surface area contributed by atoms with Gasteiger partial charge >= 0.3 is 5.69 Å². The van der Waals surface area contributed by atoms with Crippen molar-refractivity contribution in [1.29, 1.82) is 0 Å². The third kappa shape index (κ3) is 3.50. The van der Waals surface area contributed by atoms with Crippen LogP contribution in [-0.4, -0.2) is 26.1 Å². The summed E-state index contributed by atoms with van der Waals surface area (Å²) < 4.78 is 0. The van der Waals surface area contributed by atoms with Crippen molar-refractivity contribution in [2.24, 2.45) is 0 Å². The molecule has 1 amide bonds. The van der Waals surface area contributed by atoms with E-state index < -0.39 is 0 Å². The molecule has 1 aromatic carbocycles. The maximum Gasteiger partial charge on any atom is 0.340 e. The molecule has 7 heteroatoms. The van der Waals surface area contributed by atoms with Crippen LogP contribution in [0.4, 0.5) is 0 Å². The molecule has 0 saturated heterocycles. The van der Waals surface area contributed by atoms with Gasteiger partial charge in [0.25, 0.3) is 0 Å². The van der Waals surface area contributed by atoms with E-state index in [1.54, 1.807) is 6.92 Å². The Morgan fingerprint density at radius 1 is 1.35 bits per heavy atom. The van der Waals surface area contributed by atoms with Gasteiger partial charge in [0.15, 0.2) is 5.82 Å². The number of carbonyl (C=O) groups excluding carboxylic acids is 1. The summed E-state index contributed by atoms with van der Waals surface area (Å²) in [5.41, 5.74) is 1.96. The summed E-state index contributed by atoms with van der Waals surface area (Å²) in [6.07, 6.45) is 4.03. The number of aromatic amines is 3. The molecule has 0 aliphatic heterocycles. The van der Waals surface area contributed by atoms with Gasteiger partial charge in [-0.2, -0.15) is 5.10 Å². The van der Waals surface area contributed by atoms with Crippen molar-refractivity contribution in [1.82, 2.24) is 25.5 Å². The Labute approximate surface area is 132 Å². The lowest BCUT2D eigenvalue weighted by atomic mass is 10.1. The van der Waals surface area contributed by atoms with Gasteiger partial charge in [-0.25, -0.2) is 9.89 Å². The molecular formula is C16H19N5O2. The molecule has 3 rings (SSSR count). The summed E-state index contributed by atoms with van der Waals surface area (Å²) in [6.45, 7) is 1.78. The van der Waals surface area contributed by atoms with Crippen molar-refractivity contribution >= 4 is 16.8 Å². The van der Waals surface area contributed by atoms with Gasteiger partial charge in [0.05, 0.1) is 6.04 Å². The van der Waals surface area contributed by atoms with Crippen molar-refractivity contribution in [3.63, 3.8) is 0 Å². The molecule has 3 aromatic rings. The number of hydrogen-bond acceptors (Lipinski definition) is 3. The van der Waals surface area contributed by atoms with E-state index in [4.69, 9.17) is 0 Å². The number of hydrogen-bond donors (Lipinski definition) is 4. The summed E-state index contributed by atoms with van der Waals surface area (Å²) in [5, 5.41) is 10.1. The molecule has 0 fully saturated rings. The highest BCUT2D eigenvalue weighted by molar-refractivity contribution is 5.83. The Morgan fingerprint density at radius 3 is 2.96 bits per heavy atom. The minimum absolute atomic E-state index is 0.0545. The number of amides is 1. The molecule has 0 unspecified atom stereocenters. The van der Waals surface area contributed by atoms with Crippen molar-refractivity contribution in [2.45, 2.75) is 32.2 Å².